The maximum Gasteiger partial charge on any atom is 0.275 e. The van der Waals surface area contributed by atoms with Gasteiger partial charge in [-0.25, -0.2) is 13.1 Å². The van der Waals surface area contributed by atoms with Crippen LogP contribution in [-0.2, 0) is 10.0 Å². The van der Waals surface area contributed by atoms with Crippen LogP contribution >= 0.6 is 11.6 Å². The number of nitro benzene ring substituents is 1. The zero-order chi connectivity index (χ0) is 16.3. The molecule has 1 aromatic rings. The Hall–Kier alpha value is -1.22. The number of benzene rings is 1. The Bertz CT molecular complexity index is 670. The second-order valence-corrected chi connectivity index (χ2v) is 7.45. The quantitative estimate of drug-likeness (QED) is 0.640. The highest BCUT2D eigenvalue weighted by molar-refractivity contribution is 7.89. The number of sulfonamides is 1. The highest BCUT2D eigenvalue weighted by atomic mass is 35.5. The summed E-state index contributed by atoms with van der Waals surface area (Å²) in [7, 11) is -3.85. The topological polar surface area (TPSA) is 101 Å². The number of halogens is 1. The van der Waals surface area contributed by atoms with Crippen molar-refractivity contribution < 1.29 is 13.3 Å². The largest absolute Gasteiger partial charge is 0.315 e. The monoisotopic (exact) mass is 347 g/mol. The van der Waals surface area contributed by atoms with Crippen LogP contribution in [-0.4, -0.2) is 32.5 Å². The molecule has 0 aliphatic carbocycles. The number of hydrogen-bond acceptors (Lipinski definition) is 5. The van der Waals surface area contributed by atoms with Gasteiger partial charge in [-0.1, -0.05) is 18.0 Å². The fraction of sp³-hybridized carbons (Fsp3) is 0.538. The number of nitrogens with one attached hydrogen (secondary N) is 2. The van der Waals surface area contributed by atoms with E-state index in [0.717, 1.165) is 31.9 Å². The van der Waals surface area contributed by atoms with Crippen molar-refractivity contribution in [2.24, 2.45) is 0 Å². The van der Waals surface area contributed by atoms with Crippen molar-refractivity contribution in [3.05, 3.63) is 32.8 Å². The predicted molar refractivity (Wildman–Crippen MR) is 83.7 cm³/mol. The first kappa shape index (κ1) is 17.1. The van der Waals surface area contributed by atoms with E-state index in [1.54, 1.807) is 0 Å². The first-order valence-corrected chi connectivity index (χ1v) is 8.85. The third kappa shape index (κ3) is 3.95. The zero-order valence-electron chi connectivity index (χ0n) is 12.1. The molecule has 0 radical (unpaired) electrons. The van der Waals surface area contributed by atoms with Gasteiger partial charge in [-0.05, 0) is 32.4 Å². The van der Waals surface area contributed by atoms with E-state index >= 15 is 0 Å². The van der Waals surface area contributed by atoms with Gasteiger partial charge in [0.1, 0.15) is 0 Å². The Balaban J connectivity index is 2.30. The van der Waals surface area contributed by atoms with Crippen molar-refractivity contribution in [1.82, 2.24) is 10.0 Å². The number of nitrogens with zero attached hydrogens (tertiary/aromatic N) is 1. The van der Waals surface area contributed by atoms with Crippen LogP contribution in [0.15, 0.2) is 17.0 Å². The van der Waals surface area contributed by atoms with E-state index in [1.807, 2.05) is 0 Å². The summed E-state index contributed by atoms with van der Waals surface area (Å²) in [6, 6.07) is 2.07. The molecule has 122 valence electrons. The molecule has 7 nitrogen and oxygen atoms in total. The van der Waals surface area contributed by atoms with Gasteiger partial charge in [0.2, 0.25) is 10.0 Å². The average Bonchev–Trinajstić information content (AvgIpc) is 2.69. The SMILES string of the molecule is Cc1c(Cl)cc(S(=O)(=O)NC2CCCCNC2)cc1[N+](=O)[O-]. The second kappa shape index (κ2) is 6.91. The van der Waals surface area contributed by atoms with E-state index in [-0.39, 0.29) is 27.2 Å². The van der Waals surface area contributed by atoms with E-state index < -0.39 is 14.9 Å². The molecule has 9 heteroatoms. The summed E-state index contributed by atoms with van der Waals surface area (Å²) in [6.07, 6.45) is 2.66. The van der Waals surface area contributed by atoms with Crippen LogP contribution in [0.1, 0.15) is 24.8 Å². The maximum absolute atomic E-state index is 12.4. The lowest BCUT2D eigenvalue weighted by molar-refractivity contribution is -0.385. The van der Waals surface area contributed by atoms with Gasteiger partial charge in [0.25, 0.3) is 5.69 Å². The van der Waals surface area contributed by atoms with E-state index in [4.69, 9.17) is 11.6 Å². The molecule has 1 aliphatic rings. The molecule has 0 amide bonds. The normalized spacial score (nSPS) is 19.6. The lowest BCUT2D eigenvalue weighted by atomic mass is 10.2. The lowest BCUT2D eigenvalue weighted by Gasteiger charge is -2.17. The molecule has 2 rings (SSSR count). The first-order chi connectivity index (χ1) is 10.3. The van der Waals surface area contributed by atoms with Crippen LogP contribution in [0.25, 0.3) is 0 Å². The van der Waals surface area contributed by atoms with Crippen LogP contribution in [0.3, 0.4) is 0 Å². The summed E-state index contributed by atoms with van der Waals surface area (Å²) in [5.41, 5.74) is -0.0476. The van der Waals surface area contributed by atoms with Gasteiger partial charge >= 0.3 is 0 Å². The summed E-state index contributed by atoms with van der Waals surface area (Å²) in [5.74, 6) is 0. The zero-order valence-corrected chi connectivity index (χ0v) is 13.7. The fourth-order valence-electron chi connectivity index (χ4n) is 2.39. The van der Waals surface area contributed by atoms with Gasteiger partial charge in [0.15, 0.2) is 0 Å². The number of rotatable bonds is 4. The van der Waals surface area contributed by atoms with Crippen molar-refractivity contribution in [2.45, 2.75) is 37.1 Å². The maximum atomic E-state index is 12.4. The summed E-state index contributed by atoms with van der Waals surface area (Å²) >= 11 is 5.93. The minimum atomic E-state index is -3.85. The second-order valence-electron chi connectivity index (χ2n) is 5.32. The summed E-state index contributed by atoms with van der Waals surface area (Å²) in [5, 5.41) is 14.2. The van der Waals surface area contributed by atoms with Crippen LogP contribution in [0, 0.1) is 17.0 Å². The standard InChI is InChI=1S/C13H18ClN3O4S/c1-9-12(14)6-11(7-13(9)17(18)19)22(20,21)16-10-4-2-3-5-15-8-10/h6-7,10,15-16H,2-5,8H2,1H3. The van der Waals surface area contributed by atoms with E-state index in [9.17, 15) is 18.5 Å². The Labute approximate surface area is 134 Å². The smallest absolute Gasteiger partial charge is 0.275 e. The third-order valence-electron chi connectivity index (χ3n) is 3.67. The van der Waals surface area contributed by atoms with E-state index in [0.29, 0.717) is 6.54 Å². The van der Waals surface area contributed by atoms with Gasteiger partial charge in [-0.3, -0.25) is 10.1 Å². The molecule has 1 unspecified atom stereocenters. The van der Waals surface area contributed by atoms with Crippen LogP contribution in [0.2, 0.25) is 5.02 Å². The Kier molecular flexibility index (Phi) is 5.38. The highest BCUT2D eigenvalue weighted by Crippen LogP contribution is 2.29. The summed E-state index contributed by atoms with van der Waals surface area (Å²) in [6.45, 7) is 2.89. The molecule has 1 saturated heterocycles. The van der Waals surface area contributed by atoms with Crippen LogP contribution in [0.4, 0.5) is 5.69 Å². The van der Waals surface area contributed by atoms with Crippen molar-refractivity contribution in [3.63, 3.8) is 0 Å². The van der Waals surface area contributed by atoms with Crippen molar-refractivity contribution in [3.8, 4) is 0 Å². The van der Waals surface area contributed by atoms with E-state index in [2.05, 4.69) is 10.0 Å². The summed E-state index contributed by atoms with van der Waals surface area (Å²) < 4.78 is 27.5. The van der Waals surface area contributed by atoms with Gasteiger partial charge in [-0.2, -0.15) is 0 Å². The molecule has 0 bridgehead atoms. The molecule has 1 aromatic carbocycles. The molecule has 0 saturated carbocycles. The fourth-order valence-corrected chi connectivity index (χ4v) is 3.99. The van der Waals surface area contributed by atoms with Crippen molar-refractivity contribution in [2.75, 3.05) is 13.1 Å². The van der Waals surface area contributed by atoms with Gasteiger partial charge < -0.3 is 5.32 Å². The van der Waals surface area contributed by atoms with Crippen LogP contribution in [0.5, 0.6) is 0 Å². The molecule has 1 atom stereocenters. The predicted octanol–water partition coefficient (Wildman–Crippen LogP) is 1.98. The van der Waals surface area contributed by atoms with Gasteiger partial charge in [0, 0.05) is 24.2 Å². The molecule has 1 heterocycles. The highest BCUT2D eigenvalue weighted by Gasteiger charge is 2.25. The van der Waals surface area contributed by atoms with E-state index in [1.165, 1.54) is 13.0 Å². The Morgan fingerprint density at radius 1 is 1.41 bits per heavy atom. The van der Waals surface area contributed by atoms with Gasteiger partial charge in [0.05, 0.1) is 14.8 Å². The molecule has 0 aromatic heterocycles. The number of nitro groups is 1. The first-order valence-electron chi connectivity index (χ1n) is 6.99. The van der Waals surface area contributed by atoms with Crippen molar-refractivity contribution in [1.29, 1.82) is 0 Å². The minimum absolute atomic E-state index is 0.0635. The Morgan fingerprint density at radius 2 is 2.14 bits per heavy atom. The van der Waals surface area contributed by atoms with Crippen LogP contribution < -0.4 is 10.0 Å². The molecular weight excluding hydrogens is 330 g/mol. The Morgan fingerprint density at radius 3 is 2.82 bits per heavy atom. The average molecular weight is 348 g/mol. The number of hydrogen-bond donors (Lipinski definition) is 2. The minimum Gasteiger partial charge on any atom is -0.315 e. The molecule has 0 spiro atoms. The molecular formula is C13H18ClN3O4S. The third-order valence-corrected chi connectivity index (χ3v) is 5.56. The molecule has 1 aliphatic heterocycles. The van der Waals surface area contributed by atoms with Crippen molar-refractivity contribution >= 4 is 27.3 Å². The molecule has 1 fully saturated rings. The molecule has 22 heavy (non-hydrogen) atoms. The molecule has 2 N–H and O–H groups in total. The van der Waals surface area contributed by atoms with Gasteiger partial charge in [-0.15, -0.1) is 0 Å². The summed E-state index contributed by atoms with van der Waals surface area (Å²) in [4.78, 5) is 10.2. The lowest BCUT2D eigenvalue weighted by Crippen LogP contribution is -2.40.